The Morgan fingerprint density at radius 2 is 2.13 bits per heavy atom. The van der Waals surface area contributed by atoms with Gasteiger partial charge >= 0.3 is 0 Å². The number of fused-ring (bicyclic) bond motifs is 1. The van der Waals surface area contributed by atoms with Crippen LogP contribution in [0.4, 0.5) is 0 Å². The third-order valence-corrected chi connectivity index (χ3v) is 5.21. The molecule has 0 aromatic carbocycles. The molecule has 2 heterocycles. The molecule has 0 saturated heterocycles. The summed E-state index contributed by atoms with van der Waals surface area (Å²) in [6.45, 7) is 6.64. The van der Waals surface area contributed by atoms with Gasteiger partial charge in [-0.15, -0.1) is 11.3 Å². The van der Waals surface area contributed by atoms with Gasteiger partial charge in [0.15, 0.2) is 0 Å². The highest BCUT2D eigenvalue weighted by Gasteiger charge is 2.25. The second-order valence-corrected chi connectivity index (χ2v) is 7.52. The highest BCUT2D eigenvalue weighted by Crippen LogP contribution is 2.39. The largest absolute Gasteiger partial charge is 0.323 e. The van der Waals surface area contributed by atoms with Crippen molar-refractivity contribution in [3.05, 3.63) is 21.4 Å². The average Bonchev–Trinajstić information content (AvgIpc) is 2.58. The monoisotopic (exact) mass is 241 g/mol. The summed E-state index contributed by atoms with van der Waals surface area (Å²) in [6.07, 6.45) is 1.24. The maximum Gasteiger partial charge on any atom is 0.0439 e. The van der Waals surface area contributed by atoms with Crippen molar-refractivity contribution in [3.63, 3.8) is 0 Å². The van der Waals surface area contributed by atoms with Crippen LogP contribution in [0.1, 0.15) is 42.1 Å². The molecule has 2 rings (SSSR count). The Morgan fingerprint density at radius 3 is 2.73 bits per heavy atom. The Balaban J connectivity index is 2.26. The molecule has 84 valence electrons. The lowest BCUT2D eigenvalue weighted by Crippen LogP contribution is -2.25. The molecular formula is C12H19NS2. The molecule has 2 N–H and O–H groups in total. The van der Waals surface area contributed by atoms with Gasteiger partial charge in [0.05, 0.1) is 0 Å². The van der Waals surface area contributed by atoms with Crippen molar-refractivity contribution < 1.29 is 0 Å². The Labute approximate surface area is 100 Å². The van der Waals surface area contributed by atoms with Crippen molar-refractivity contribution in [2.24, 2.45) is 11.1 Å². The van der Waals surface area contributed by atoms with E-state index < -0.39 is 0 Å². The summed E-state index contributed by atoms with van der Waals surface area (Å²) < 4.78 is 0. The summed E-state index contributed by atoms with van der Waals surface area (Å²) >= 11 is 3.97. The van der Waals surface area contributed by atoms with Crippen LogP contribution in [0.5, 0.6) is 0 Å². The Morgan fingerprint density at radius 1 is 1.40 bits per heavy atom. The Bertz CT molecular complexity index is 325. The molecule has 0 fully saturated rings. The van der Waals surface area contributed by atoms with Gasteiger partial charge in [0.25, 0.3) is 0 Å². The lowest BCUT2D eigenvalue weighted by molar-refractivity contribution is 0.331. The molecule has 1 aromatic heterocycles. The zero-order valence-electron chi connectivity index (χ0n) is 9.67. The van der Waals surface area contributed by atoms with Gasteiger partial charge in [-0.2, -0.15) is 11.8 Å². The summed E-state index contributed by atoms with van der Waals surface area (Å²) in [5.74, 6) is 2.46. The van der Waals surface area contributed by atoms with E-state index in [0.717, 1.165) is 0 Å². The quantitative estimate of drug-likeness (QED) is 0.813. The van der Waals surface area contributed by atoms with Crippen molar-refractivity contribution in [2.75, 3.05) is 5.75 Å². The minimum atomic E-state index is 0.167. The molecule has 3 heteroatoms. The molecule has 1 nitrogen and oxygen atoms in total. The van der Waals surface area contributed by atoms with Gasteiger partial charge in [0.2, 0.25) is 0 Å². The van der Waals surface area contributed by atoms with E-state index in [9.17, 15) is 0 Å². The number of rotatable bonds is 1. The van der Waals surface area contributed by atoms with Gasteiger partial charge in [-0.3, -0.25) is 0 Å². The molecule has 0 spiro atoms. The Hall–Kier alpha value is 0.01000. The number of thioether (sulfide) groups is 1. The molecule has 0 bridgehead atoms. The van der Waals surface area contributed by atoms with Crippen molar-refractivity contribution in [2.45, 2.75) is 39.0 Å². The fourth-order valence-corrected chi connectivity index (χ4v) is 4.37. The van der Waals surface area contributed by atoms with Gasteiger partial charge in [0.1, 0.15) is 0 Å². The van der Waals surface area contributed by atoms with E-state index in [2.05, 4.69) is 26.8 Å². The fourth-order valence-electron chi connectivity index (χ4n) is 1.75. The van der Waals surface area contributed by atoms with Gasteiger partial charge in [-0.05, 0) is 29.2 Å². The van der Waals surface area contributed by atoms with Gasteiger partial charge in [0, 0.05) is 21.5 Å². The molecule has 1 aliphatic rings. The summed E-state index contributed by atoms with van der Waals surface area (Å²) in [5, 5.41) is 0. The molecule has 0 radical (unpaired) electrons. The van der Waals surface area contributed by atoms with Crippen molar-refractivity contribution in [3.8, 4) is 0 Å². The van der Waals surface area contributed by atoms with Crippen LogP contribution >= 0.6 is 23.1 Å². The smallest absolute Gasteiger partial charge is 0.0439 e. The maximum absolute atomic E-state index is 6.29. The number of hydrogen-bond donors (Lipinski definition) is 1. The first-order chi connectivity index (χ1) is 6.98. The lowest BCUT2D eigenvalue weighted by Gasteiger charge is -2.25. The Kier molecular flexibility index (Phi) is 3.15. The van der Waals surface area contributed by atoms with E-state index in [1.807, 2.05) is 23.1 Å². The van der Waals surface area contributed by atoms with E-state index in [1.165, 1.54) is 28.4 Å². The first-order valence-corrected chi connectivity index (χ1v) is 7.40. The van der Waals surface area contributed by atoms with Gasteiger partial charge in [-0.1, -0.05) is 20.8 Å². The van der Waals surface area contributed by atoms with Crippen LogP contribution in [0, 0.1) is 5.41 Å². The fraction of sp³-hybridized carbons (Fsp3) is 0.667. The van der Waals surface area contributed by atoms with E-state index >= 15 is 0 Å². The third-order valence-electron chi connectivity index (χ3n) is 2.89. The van der Waals surface area contributed by atoms with E-state index in [-0.39, 0.29) is 11.5 Å². The van der Waals surface area contributed by atoms with Crippen molar-refractivity contribution in [1.82, 2.24) is 0 Å². The molecule has 15 heavy (non-hydrogen) atoms. The molecule has 0 saturated carbocycles. The number of aryl methyl sites for hydroxylation is 1. The molecule has 1 aromatic rings. The topological polar surface area (TPSA) is 26.0 Å². The number of hydrogen-bond acceptors (Lipinski definition) is 3. The van der Waals surface area contributed by atoms with Crippen LogP contribution in [0.2, 0.25) is 0 Å². The van der Waals surface area contributed by atoms with E-state index in [1.54, 1.807) is 4.88 Å². The predicted octanol–water partition coefficient (Wildman–Crippen LogP) is 3.58. The molecule has 0 amide bonds. The second kappa shape index (κ2) is 4.11. The van der Waals surface area contributed by atoms with E-state index in [4.69, 9.17) is 5.73 Å². The second-order valence-electron chi connectivity index (χ2n) is 5.24. The highest BCUT2D eigenvalue weighted by molar-refractivity contribution is 7.98. The summed E-state index contributed by atoms with van der Waals surface area (Å²) in [7, 11) is 0. The van der Waals surface area contributed by atoms with Crippen molar-refractivity contribution >= 4 is 23.1 Å². The molecule has 1 aliphatic heterocycles. The zero-order chi connectivity index (χ0) is 11.1. The molecule has 1 unspecified atom stereocenters. The zero-order valence-corrected chi connectivity index (χ0v) is 11.3. The van der Waals surface area contributed by atoms with Crippen molar-refractivity contribution in [1.29, 1.82) is 0 Å². The summed E-state index contributed by atoms with van der Waals surface area (Å²) in [6, 6.07) is 2.51. The molecular weight excluding hydrogens is 222 g/mol. The average molecular weight is 241 g/mol. The SMILES string of the molecule is CC(C)(C)C(N)c1cc2c(s1)CCSC2. The standard InChI is InChI=1S/C12H19NS2/c1-12(2,3)11(13)10-6-8-7-14-5-4-9(8)15-10/h6,11H,4-5,7,13H2,1-3H3. The van der Waals surface area contributed by atoms with Crippen LogP contribution in [0.3, 0.4) is 0 Å². The minimum Gasteiger partial charge on any atom is -0.323 e. The van der Waals surface area contributed by atoms with Gasteiger partial charge < -0.3 is 5.73 Å². The molecule has 0 aliphatic carbocycles. The first-order valence-electron chi connectivity index (χ1n) is 5.43. The summed E-state index contributed by atoms with van der Waals surface area (Å²) in [4.78, 5) is 2.94. The van der Waals surface area contributed by atoms with Crippen LogP contribution in [0.15, 0.2) is 6.07 Å². The van der Waals surface area contributed by atoms with Crippen LogP contribution in [-0.4, -0.2) is 5.75 Å². The molecule has 1 atom stereocenters. The minimum absolute atomic E-state index is 0.167. The first kappa shape index (κ1) is 11.5. The third kappa shape index (κ3) is 2.40. The lowest BCUT2D eigenvalue weighted by atomic mass is 9.86. The maximum atomic E-state index is 6.29. The highest BCUT2D eigenvalue weighted by atomic mass is 32.2. The van der Waals surface area contributed by atoms with E-state index in [0.29, 0.717) is 0 Å². The summed E-state index contributed by atoms with van der Waals surface area (Å²) in [5.41, 5.74) is 7.99. The van der Waals surface area contributed by atoms with Crippen LogP contribution in [0.25, 0.3) is 0 Å². The van der Waals surface area contributed by atoms with Crippen LogP contribution < -0.4 is 5.73 Å². The number of thiophene rings is 1. The van der Waals surface area contributed by atoms with Gasteiger partial charge in [-0.25, -0.2) is 0 Å². The predicted molar refractivity (Wildman–Crippen MR) is 70.6 cm³/mol. The van der Waals surface area contributed by atoms with Crippen LogP contribution in [-0.2, 0) is 12.2 Å². The normalized spacial score (nSPS) is 18.7. The number of nitrogens with two attached hydrogens (primary N) is 1.